The van der Waals surface area contributed by atoms with Crippen LogP contribution in [-0.2, 0) is 0 Å². The predicted molar refractivity (Wildman–Crippen MR) is 83.0 cm³/mol. The summed E-state index contributed by atoms with van der Waals surface area (Å²) in [4.78, 5) is 20.4. The number of para-hydroxylation sites is 1. The maximum absolute atomic E-state index is 12.3. The van der Waals surface area contributed by atoms with Gasteiger partial charge in [-0.15, -0.1) is 0 Å². The maximum Gasteiger partial charge on any atom is 0.260 e. The van der Waals surface area contributed by atoms with Crippen molar-refractivity contribution in [1.82, 2.24) is 9.97 Å². The van der Waals surface area contributed by atoms with Gasteiger partial charge in [0.05, 0.1) is 18.4 Å². The highest BCUT2D eigenvalue weighted by atomic mass is 79.9. The Morgan fingerprint density at radius 1 is 1.35 bits per heavy atom. The molecule has 2 aromatic rings. The Labute approximate surface area is 133 Å². The topological polar surface area (TPSA) is 64.1 Å². The highest BCUT2D eigenvalue weighted by molar-refractivity contribution is 9.11. The summed E-state index contributed by atoms with van der Waals surface area (Å²) < 4.78 is 6.46. The molecule has 20 heavy (non-hydrogen) atoms. The van der Waals surface area contributed by atoms with Crippen LogP contribution in [0.4, 0.5) is 5.82 Å². The van der Waals surface area contributed by atoms with Crippen LogP contribution in [-0.4, -0.2) is 22.5 Å². The van der Waals surface area contributed by atoms with Gasteiger partial charge in [-0.3, -0.25) is 4.79 Å². The fourth-order valence-corrected chi connectivity index (χ4v) is 2.45. The molecule has 0 radical (unpaired) electrons. The molecular formula is C13H11Br2N3O2. The second-order valence-electron chi connectivity index (χ2n) is 3.72. The molecule has 1 N–H and O–H groups in total. The van der Waals surface area contributed by atoms with E-state index in [2.05, 4.69) is 47.1 Å². The number of nitrogens with zero attached hydrogens (tertiary/aromatic N) is 2. The maximum atomic E-state index is 12.3. The van der Waals surface area contributed by atoms with Gasteiger partial charge in [-0.2, -0.15) is 0 Å². The van der Waals surface area contributed by atoms with E-state index in [9.17, 15) is 4.79 Å². The summed E-state index contributed by atoms with van der Waals surface area (Å²) in [6, 6.07) is 7.04. The first-order valence-corrected chi connectivity index (χ1v) is 7.41. The molecule has 0 saturated carbocycles. The largest absolute Gasteiger partial charge is 0.493 e. The van der Waals surface area contributed by atoms with Gasteiger partial charge in [0.15, 0.2) is 5.82 Å². The third-order valence-corrected chi connectivity index (χ3v) is 3.30. The normalized spacial score (nSPS) is 10.2. The van der Waals surface area contributed by atoms with E-state index >= 15 is 0 Å². The number of nitrogens with one attached hydrogen (secondary N) is 1. The van der Waals surface area contributed by atoms with Gasteiger partial charge in [0.25, 0.3) is 5.91 Å². The Kier molecular flexibility index (Phi) is 5.08. The van der Waals surface area contributed by atoms with Gasteiger partial charge in [-0.05, 0) is 50.9 Å². The molecule has 1 heterocycles. The highest BCUT2D eigenvalue weighted by Crippen LogP contribution is 2.23. The molecule has 2 rings (SSSR count). The molecule has 1 aromatic heterocycles. The van der Waals surface area contributed by atoms with E-state index in [-0.39, 0.29) is 5.91 Å². The Hall–Kier alpha value is -1.47. The SMILES string of the molecule is CCOc1ccccc1C(=O)Nc1ncc(Br)nc1Br. The second-order valence-corrected chi connectivity index (χ2v) is 5.28. The molecule has 0 atom stereocenters. The van der Waals surface area contributed by atoms with Crippen LogP contribution in [0.3, 0.4) is 0 Å². The van der Waals surface area contributed by atoms with Crippen LogP contribution in [0.2, 0.25) is 0 Å². The van der Waals surface area contributed by atoms with E-state index in [1.54, 1.807) is 18.2 Å². The average Bonchev–Trinajstić information content (AvgIpc) is 2.43. The van der Waals surface area contributed by atoms with Crippen LogP contribution in [0, 0.1) is 0 Å². The third kappa shape index (κ3) is 3.55. The van der Waals surface area contributed by atoms with Crippen molar-refractivity contribution in [2.24, 2.45) is 0 Å². The lowest BCUT2D eigenvalue weighted by molar-refractivity contribution is 0.102. The zero-order valence-corrected chi connectivity index (χ0v) is 13.7. The summed E-state index contributed by atoms with van der Waals surface area (Å²) in [7, 11) is 0. The standard InChI is InChI=1S/C13H11Br2N3O2/c1-2-20-9-6-4-3-5-8(9)13(19)18-12-11(15)17-10(14)7-16-12/h3-7H,2H2,1H3,(H,16,18,19). The number of ether oxygens (including phenoxy) is 1. The lowest BCUT2D eigenvalue weighted by Crippen LogP contribution is -2.15. The van der Waals surface area contributed by atoms with Crippen molar-refractivity contribution in [2.75, 3.05) is 11.9 Å². The Bertz CT molecular complexity index is 635. The number of amides is 1. The fraction of sp³-hybridized carbons (Fsp3) is 0.154. The van der Waals surface area contributed by atoms with Crippen molar-refractivity contribution in [2.45, 2.75) is 6.92 Å². The van der Waals surface area contributed by atoms with Crippen molar-refractivity contribution in [1.29, 1.82) is 0 Å². The number of carbonyl (C=O) groups excluding carboxylic acids is 1. The Balaban J connectivity index is 2.24. The van der Waals surface area contributed by atoms with Crippen molar-refractivity contribution in [3.8, 4) is 5.75 Å². The summed E-state index contributed by atoms with van der Waals surface area (Å²) in [6.45, 7) is 2.36. The third-order valence-electron chi connectivity index (χ3n) is 2.36. The van der Waals surface area contributed by atoms with Crippen LogP contribution >= 0.6 is 31.9 Å². The number of aromatic nitrogens is 2. The molecule has 0 spiro atoms. The molecule has 0 aliphatic carbocycles. The van der Waals surface area contributed by atoms with E-state index in [0.717, 1.165) is 0 Å². The van der Waals surface area contributed by atoms with E-state index in [1.807, 2.05) is 13.0 Å². The molecule has 1 aromatic carbocycles. The number of anilines is 1. The van der Waals surface area contributed by atoms with Gasteiger partial charge >= 0.3 is 0 Å². The Morgan fingerprint density at radius 3 is 2.80 bits per heavy atom. The van der Waals surface area contributed by atoms with Crippen LogP contribution in [0.5, 0.6) is 5.75 Å². The van der Waals surface area contributed by atoms with E-state index in [1.165, 1.54) is 6.20 Å². The monoisotopic (exact) mass is 399 g/mol. The average molecular weight is 401 g/mol. The molecule has 0 bridgehead atoms. The molecule has 1 amide bonds. The van der Waals surface area contributed by atoms with Crippen molar-refractivity contribution < 1.29 is 9.53 Å². The number of benzene rings is 1. The zero-order valence-electron chi connectivity index (χ0n) is 10.6. The smallest absolute Gasteiger partial charge is 0.260 e. The van der Waals surface area contributed by atoms with Crippen molar-refractivity contribution in [3.05, 3.63) is 45.2 Å². The molecule has 0 fully saturated rings. The fourth-order valence-electron chi connectivity index (χ4n) is 1.54. The van der Waals surface area contributed by atoms with Gasteiger partial charge in [0, 0.05) is 0 Å². The Morgan fingerprint density at radius 2 is 2.10 bits per heavy atom. The number of carbonyl (C=O) groups is 1. The van der Waals surface area contributed by atoms with E-state index in [0.29, 0.717) is 32.9 Å². The lowest BCUT2D eigenvalue weighted by Gasteiger charge is -2.10. The van der Waals surface area contributed by atoms with Gasteiger partial charge in [-0.25, -0.2) is 9.97 Å². The van der Waals surface area contributed by atoms with Crippen LogP contribution < -0.4 is 10.1 Å². The molecule has 104 valence electrons. The molecule has 0 aliphatic heterocycles. The first kappa shape index (κ1) is 14.9. The molecule has 7 heteroatoms. The molecule has 5 nitrogen and oxygen atoms in total. The van der Waals surface area contributed by atoms with Crippen molar-refractivity contribution >= 4 is 43.6 Å². The van der Waals surface area contributed by atoms with E-state index < -0.39 is 0 Å². The second kappa shape index (κ2) is 6.81. The minimum atomic E-state index is -0.300. The van der Waals surface area contributed by atoms with Gasteiger partial charge in [0.2, 0.25) is 0 Å². The summed E-state index contributed by atoms with van der Waals surface area (Å²) in [6.07, 6.45) is 1.51. The van der Waals surface area contributed by atoms with Gasteiger partial charge in [-0.1, -0.05) is 12.1 Å². The number of halogens is 2. The highest BCUT2D eigenvalue weighted by Gasteiger charge is 2.14. The minimum Gasteiger partial charge on any atom is -0.493 e. The van der Waals surface area contributed by atoms with Crippen molar-refractivity contribution in [3.63, 3.8) is 0 Å². The summed E-state index contributed by atoms with van der Waals surface area (Å²) in [5.41, 5.74) is 0.450. The van der Waals surface area contributed by atoms with Crippen LogP contribution in [0.1, 0.15) is 17.3 Å². The summed E-state index contributed by atoms with van der Waals surface area (Å²) >= 11 is 6.45. The molecule has 0 saturated heterocycles. The van der Waals surface area contributed by atoms with Crippen LogP contribution in [0.25, 0.3) is 0 Å². The quantitative estimate of drug-likeness (QED) is 0.850. The summed E-state index contributed by atoms with van der Waals surface area (Å²) in [5.74, 6) is 0.588. The zero-order chi connectivity index (χ0) is 14.5. The number of rotatable bonds is 4. The summed E-state index contributed by atoms with van der Waals surface area (Å²) in [5, 5.41) is 2.69. The number of hydrogen-bond acceptors (Lipinski definition) is 4. The van der Waals surface area contributed by atoms with Gasteiger partial charge in [0.1, 0.15) is 15.0 Å². The predicted octanol–water partition coefficient (Wildman–Crippen LogP) is 3.65. The van der Waals surface area contributed by atoms with Crippen LogP contribution in [0.15, 0.2) is 39.7 Å². The molecule has 0 unspecified atom stereocenters. The minimum absolute atomic E-state index is 0.300. The first-order chi connectivity index (χ1) is 9.61. The van der Waals surface area contributed by atoms with Gasteiger partial charge < -0.3 is 10.1 Å². The number of hydrogen-bond donors (Lipinski definition) is 1. The molecule has 0 aliphatic rings. The molecular weight excluding hydrogens is 390 g/mol. The van der Waals surface area contributed by atoms with E-state index in [4.69, 9.17) is 4.74 Å². The lowest BCUT2D eigenvalue weighted by atomic mass is 10.2. The first-order valence-electron chi connectivity index (χ1n) is 5.83.